The molecule has 0 heterocycles. The Kier molecular flexibility index (Phi) is 3.85. The fraction of sp³-hybridized carbons (Fsp3) is 0.182. The minimum atomic E-state index is -0.329. The fourth-order valence-corrected chi connectivity index (χ4v) is 1.15. The van der Waals surface area contributed by atoms with Crippen LogP contribution in [0.4, 0.5) is 4.39 Å². The number of methoxy groups -OCH3 is 1. The summed E-state index contributed by atoms with van der Waals surface area (Å²) in [5.74, 6) is -0.329. The van der Waals surface area contributed by atoms with Crippen molar-refractivity contribution < 1.29 is 13.9 Å². The summed E-state index contributed by atoms with van der Waals surface area (Å²) in [5.41, 5.74) is 1.45. The number of ether oxygens (including phenoxy) is 1. The number of esters is 1. The average molecular weight is 194 g/mol. The summed E-state index contributed by atoms with van der Waals surface area (Å²) in [7, 11) is 1.33. The Balaban J connectivity index is 2.89. The molecule has 0 aliphatic rings. The largest absolute Gasteiger partial charge is 0.469 e. The second-order valence-corrected chi connectivity index (χ2v) is 2.74. The van der Waals surface area contributed by atoms with E-state index in [1.807, 2.05) is 0 Å². The van der Waals surface area contributed by atoms with E-state index in [-0.39, 0.29) is 12.4 Å². The van der Waals surface area contributed by atoms with E-state index in [0.29, 0.717) is 11.9 Å². The van der Waals surface area contributed by atoms with Crippen LogP contribution in [-0.4, -0.2) is 13.1 Å². The molecule has 1 rings (SSSR count). The molecule has 0 radical (unpaired) electrons. The predicted molar refractivity (Wildman–Crippen MR) is 52.3 cm³/mol. The van der Waals surface area contributed by atoms with Crippen molar-refractivity contribution in [3.63, 3.8) is 0 Å². The van der Waals surface area contributed by atoms with E-state index in [1.165, 1.54) is 13.2 Å². The summed E-state index contributed by atoms with van der Waals surface area (Å²) in [4.78, 5) is 11.0. The van der Waals surface area contributed by atoms with Crippen LogP contribution in [0.2, 0.25) is 0 Å². The lowest BCUT2D eigenvalue weighted by Crippen LogP contribution is -2.05. The van der Waals surface area contributed by atoms with E-state index in [9.17, 15) is 9.18 Å². The standard InChI is InChI=1S/C11H11FO2/c1-14-11(13)8-10-5-3-2-4-9(10)6-7-12/h2-7H,8H2,1H3. The van der Waals surface area contributed by atoms with Gasteiger partial charge in [0.2, 0.25) is 0 Å². The molecular weight excluding hydrogens is 183 g/mol. The van der Waals surface area contributed by atoms with Crippen LogP contribution in [0.25, 0.3) is 6.08 Å². The van der Waals surface area contributed by atoms with Gasteiger partial charge in [-0.05, 0) is 17.2 Å². The molecule has 0 amide bonds. The van der Waals surface area contributed by atoms with Crippen molar-refractivity contribution in [2.45, 2.75) is 6.42 Å². The summed E-state index contributed by atoms with van der Waals surface area (Å²) >= 11 is 0. The molecule has 0 spiro atoms. The van der Waals surface area contributed by atoms with Crippen molar-refractivity contribution in [3.05, 3.63) is 41.7 Å². The summed E-state index contributed by atoms with van der Waals surface area (Å²) in [6.45, 7) is 0. The number of rotatable bonds is 3. The van der Waals surface area contributed by atoms with E-state index in [2.05, 4.69) is 4.74 Å². The van der Waals surface area contributed by atoms with E-state index in [1.54, 1.807) is 24.3 Å². The molecule has 74 valence electrons. The van der Waals surface area contributed by atoms with Crippen molar-refractivity contribution in [3.8, 4) is 0 Å². The van der Waals surface area contributed by atoms with Gasteiger partial charge < -0.3 is 4.74 Å². The number of carbonyl (C=O) groups excluding carboxylic acids is 1. The highest BCUT2D eigenvalue weighted by Gasteiger charge is 2.05. The molecule has 0 aromatic heterocycles. The van der Waals surface area contributed by atoms with Crippen LogP contribution >= 0.6 is 0 Å². The molecule has 0 saturated carbocycles. The molecule has 0 bridgehead atoms. The minimum Gasteiger partial charge on any atom is -0.469 e. The van der Waals surface area contributed by atoms with Gasteiger partial charge in [-0.25, -0.2) is 4.39 Å². The van der Waals surface area contributed by atoms with Crippen LogP contribution in [0.5, 0.6) is 0 Å². The molecule has 0 aliphatic heterocycles. The van der Waals surface area contributed by atoms with Crippen LogP contribution < -0.4 is 0 Å². The van der Waals surface area contributed by atoms with Crippen molar-refractivity contribution >= 4 is 12.0 Å². The number of hydrogen-bond acceptors (Lipinski definition) is 2. The van der Waals surface area contributed by atoms with E-state index >= 15 is 0 Å². The number of carbonyl (C=O) groups is 1. The second-order valence-electron chi connectivity index (χ2n) is 2.74. The summed E-state index contributed by atoms with van der Waals surface area (Å²) in [6, 6.07) is 7.10. The van der Waals surface area contributed by atoms with Gasteiger partial charge in [-0.3, -0.25) is 4.79 Å². The lowest BCUT2D eigenvalue weighted by atomic mass is 10.1. The number of halogens is 1. The Hall–Kier alpha value is -1.64. The van der Waals surface area contributed by atoms with Crippen molar-refractivity contribution in [2.75, 3.05) is 7.11 Å². The topological polar surface area (TPSA) is 26.3 Å². The average Bonchev–Trinajstić information content (AvgIpc) is 2.21. The van der Waals surface area contributed by atoms with Crippen molar-refractivity contribution in [1.29, 1.82) is 0 Å². The summed E-state index contributed by atoms with van der Waals surface area (Å²) in [5, 5.41) is 0. The highest BCUT2D eigenvalue weighted by Crippen LogP contribution is 2.12. The fourth-order valence-electron chi connectivity index (χ4n) is 1.15. The first-order valence-electron chi connectivity index (χ1n) is 4.19. The maximum atomic E-state index is 12.0. The molecule has 0 aliphatic carbocycles. The Morgan fingerprint density at radius 3 is 2.86 bits per heavy atom. The third-order valence-electron chi connectivity index (χ3n) is 1.86. The van der Waals surface area contributed by atoms with Crippen LogP contribution in [0.1, 0.15) is 11.1 Å². The first kappa shape index (κ1) is 10.4. The lowest BCUT2D eigenvalue weighted by molar-refractivity contribution is -0.139. The molecule has 0 N–H and O–H groups in total. The van der Waals surface area contributed by atoms with Gasteiger partial charge in [0.1, 0.15) is 0 Å². The van der Waals surface area contributed by atoms with Gasteiger partial charge >= 0.3 is 5.97 Å². The third kappa shape index (κ3) is 2.69. The molecule has 1 aromatic rings. The molecule has 0 fully saturated rings. The maximum absolute atomic E-state index is 12.0. The Bertz CT molecular complexity index is 345. The molecule has 0 atom stereocenters. The number of benzene rings is 1. The predicted octanol–water partition coefficient (Wildman–Crippen LogP) is 2.34. The summed E-state index contributed by atoms with van der Waals surface area (Å²) < 4.78 is 16.5. The molecule has 0 unspecified atom stereocenters. The Labute approximate surface area is 82.0 Å². The zero-order chi connectivity index (χ0) is 10.4. The minimum absolute atomic E-state index is 0.164. The quantitative estimate of drug-likeness (QED) is 0.690. The molecule has 1 aromatic carbocycles. The SMILES string of the molecule is COC(=O)Cc1ccccc1C=CF. The Morgan fingerprint density at radius 1 is 1.50 bits per heavy atom. The molecule has 14 heavy (non-hydrogen) atoms. The number of hydrogen-bond donors (Lipinski definition) is 0. The van der Waals surface area contributed by atoms with E-state index < -0.39 is 0 Å². The molecule has 0 saturated heterocycles. The van der Waals surface area contributed by atoms with Crippen molar-refractivity contribution in [2.24, 2.45) is 0 Å². The zero-order valence-corrected chi connectivity index (χ0v) is 7.87. The zero-order valence-electron chi connectivity index (χ0n) is 7.87. The van der Waals surface area contributed by atoms with Gasteiger partial charge in [-0.1, -0.05) is 24.3 Å². The summed E-state index contributed by atoms with van der Waals surface area (Å²) in [6.07, 6.45) is 1.94. The van der Waals surface area contributed by atoms with Crippen LogP contribution in [-0.2, 0) is 16.0 Å². The Morgan fingerprint density at radius 2 is 2.21 bits per heavy atom. The van der Waals surface area contributed by atoms with Gasteiger partial charge in [0.15, 0.2) is 0 Å². The second kappa shape index (κ2) is 5.17. The normalized spacial score (nSPS) is 10.4. The van der Waals surface area contributed by atoms with Gasteiger partial charge in [-0.2, -0.15) is 0 Å². The van der Waals surface area contributed by atoms with Gasteiger partial charge in [0.05, 0.1) is 19.9 Å². The van der Waals surface area contributed by atoms with Crippen molar-refractivity contribution in [1.82, 2.24) is 0 Å². The van der Waals surface area contributed by atoms with Gasteiger partial charge in [0.25, 0.3) is 0 Å². The molecule has 3 heteroatoms. The lowest BCUT2D eigenvalue weighted by Gasteiger charge is -2.03. The van der Waals surface area contributed by atoms with Gasteiger partial charge in [0, 0.05) is 0 Å². The highest BCUT2D eigenvalue weighted by molar-refractivity contribution is 5.74. The van der Waals surface area contributed by atoms with E-state index in [0.717, 1.165) is 5.56 Å². The van der Waals surface area contributed by atoms with E-state index in [4.69, 9.17) is 0 Å². The molecular formula is C11H11FO2. The molecule has 2 nitrogen and oxygen atoms in total. The van der Waals surface area contributed by atoms with Gasteiger partial charge in [-0.15, -0.1) is 0 Å². The third-order valence-corrected chi connectivity index (χ3v) is 1.86. The smallest absolute Gasteiger partial charge is 0.309 e. The monoisotopic (exact) mass is 194 g/mol. The van der Waals surface area contributed by atoms with Crippen LogP contribution in [0, 0.1) is 0 Å². The first-order chi connectivity index (χ1) is 6.77. The maximum Gasteiger partial charge on any atom is 0.309 e. The van der Waals surface area contributed by atoms with Crippen LogP contribution in [0.15, 0.2) is 30.6 Å². The van der Waals surface area contributed by atoms with Crippen LogP contribution in [0.3, 0.4) is 0 Å². The highest BCUT2D eigenvalue weighted by atomic mass is 19.1. The first-order valence-corrected chi connectivity index (χ1v) is 4.19.